The average molecular weight is 214 g/mol. The molecule has 0 aliphatic carbocycles. The molecule has 4 heteroatoms. The van der Waals surface area contributed by atoms with Gasteiger partial charge in [0.25, 0.3) is 0 Å². The third kappa shape index (κ3) is 4.14. The van der Waals surface area contributed by atoms with Crippen LogP contribution in [0.3, 0.4) is 0 Å². The fourth-order valence-electron chi connectivity index (χ4n) is 0.923. The Bertz CT molecular complexity index is 277. The minimum absolute atomic E-state index is 0.00859. The van der Waals surface area contributed by atoms with Crippen LogP contribution in [-0.4, -0.2) is 24.9 Å². The van der Waals surface area contributed by atoms with Gasteiger partial charge in [-0.05, 0) is 12.1 Å². The van der Waals surface area contributed by atoms with Gasteiger partial charge < -0.3 is 10.1 Å². The van der Waals surface area contributed by atoms with E-state index in [4.69, 9.17) is 16.3 Å². The van der Waals surface area contributed by atoms with E-state index >= 15 is 0 Å². The molecule has 0 bridgehead atoms. The van der Waals surface area contributed by atoms with Crippen molar-refractivity contribution in [3.63, 3.8) is 0 Å². The van der Waals surface area contributed by atoms with Crippen molar-refractivity contribution in [2.75, 3.05) is 19.0 Å². The zero-order valence-corrected chi connectivity index (χ0v) is 8.46. The Labute approximate surface area is 88.0 Å². The van der Waals surface area contributed by atoms with E-state index in [-0.39, 0.29) is 11.8 Å². The molecule has 3 nitrogen and oxygen atoms in total. The van der Waals surface area contributed by atoms with Gasteiger partial charge in [0.2, 0.25) is 5.91 Å². The Kier molecular flexibility index (Phi) is 4.86. The maximum absolute atomic E-state index is 10.7. The monoisotopic (exact) mass is 213 g/mol. The van der Waals surface area contributed by atoms with Gasteiger partial charge in [-0.2, -0.15) is 0 Å². The fourth-order valence-corrected chi connectivity index (χ4v) is 1.02. The Morgan fingerprint density at radius 2 is 2.07 bits per heavy atom. The third-order valence-corrected chi connectivity index (χ3v) is 1.80. The number of hydrogen-bond donors (Lipinski definition) is 1. The molecule has 1 amide bonds. The number of benzene rings is 1. The molecule has 0 aliphatic heterocycles. The molecule has 0 heterocycles. The van der Waals surface area contributed by atoms with E-state index in [9.17, 15) is 4.79 Å². The van der Waals surface area contributed by atoms with Gasteiger partial charge in [-0.3, -0.25) is 4.79 Å². The molecule has 0 unspecified atom stereocenters. The first-order valence-corrected chi connectivity index (χ1v) is 4.87. The molecule has 0 saturated heterocycles. The summed E-state index contributed by atoms with van der Waals surface area (Å²) in [5, 5.41) is 2.61. The summed E-state index contributed by atoms with van der Waals surface area (Å²) in [5.41, 5.74) is 0. The second-order valence-corrected chi connectivity index (χ2v) is 2.91. The van der Waals surface area contributed by atoms with E-state index in [1.165, 1.54) is 0 Å². The number of para-hydroxylation sites is 1. The molecule has 76 valence electrons. The van der Waals surface area contributed by atoms with Gasteiger partial charge in [-0.1, -0.05) is 18.2 Å². The molecule has 1 aromatic carbocycles. The standard InChI is InChI=1S/C10H12ClNO2/c11-8-10(13)12-6-7-14-9-4-2-1-3-5-9/h1-5H,6-8H2,(H,12,13). The van der Waals surface area contributed by atoms with Crippen LogP contribution in [-0.2, 0) is 4.79 Å². The maximum atomic E-state index is 10.7. The summed E-state index contributed by atoms with van der Waals surface area (Å²) in [6.07, 6.45) is 0. The van der Waals surface area contributed by atoms with Crippen LogP contribution < -0.4 is 10.1 Å². The summed E-state index contributed by atoms with van der Waals surface area (Å²) >= 11 is 5.30. The normalized spacial score (nSPS) is 9.50. The smallest absolute Gasteiger partial charge is 0.235 e. The highest BCUT2D eigenvalue weighted by Crippen LogP contribution is 2.07. The van der Waals surface area contributed by atoms with Gasteiger partial charge in [0.05, 0.1) is 6.54 Å². The number of halogens is 1. The van der Waals surface area contributed by atoms with Gasteiger partial charge in [-0.15, -0.1) is 11.6 Å². The van der Waals surface area contributed by atoms with Crippen LogP contribution in [0.1, 0.15) is 0 Å². The van der Waals surface area contributed by atoms with E-state index in [1.54, 1.807) is 0 Å². The molecule has 1 rings (SSSR count). The molecule has 0 atom stereocenters. The highest BCUT2D eigenvalue weighted by molar-refractivity contribution is 6.27. The van der Waals surface area contributed by atoms with Crippen LogP contribution in [0, 0.1) is 0 Å². The van der Waals surface area contributed by atoms with Crippen LogP contribution in [0.4, 0.5) is 0 Å². The van der Waals surface area contributed by atoms with Gasteiger partial charge in [0, 0.05) is 0 Å². The van der Waals surface area contributed by atoms with Crippen molar-refractivity contribution < 1.29 is 9.53 Å². The topological polar surface area (TPSA) is 38.3 Å². The van der Waals surface area contributed by atoms with Crippen molar-refractivity contribution in [3.8, 4) is 5.75 Å². The Morgan fingerprint density at radius 1 is 1.36 bits per heavy atom. The van der Waals surface area contributed by atoms with E-state index in [0.29, 0.717) is 13.2 Å². The number of nitrogens with one attached hydrogen (secondary N) is 1. The van der Waals surface area contributed by atoms with Crippen molar-refractivity contribution in [1.82, 2.24) is 5.32 Å². The van der Waals surface area contributed by atoms with E-state index in [1.807, 2.05) is 30.3 Å². The minimum Gasteiger partial charge on any atom is -0.492 e. The molecule has 0 aromatic heterocycles. The molecular formula is C10H12ClNO2. The van der Waals surface area contributed by atoms with E-state index in [0.717, 1.165) is 5.75 Å². The molecule has 0 spiro atoms. The lowest BCUT2D eigenvalue weighted by Gasteiger charge is -2.06. The van der Waals surface area contributed by atoms with E-state index in [2.05, 4.69) is 5.32 Å². The molecular weight excluding hydrogens is 202 g/mol. The fraction of sp³-hybridized carbons (Fsp3) is 0.300. The summed E-state index contributed by atoms with van der Waals surface area (Å²) < 4.78 is 5.34. The first-order chi connectivity index (χ1) is 6.83. The number of rotatable bonds is 5. The Hall–Kier alpha value is -1.22. The lowest BCUT2D eigenvalue weighted by atomic mass is 10.3. The van der Waals surface area contributed by atoms with Gasteiger partial charge in [0.1, 0.15) is 18.2 Å². The first-order valence-electron chi connectivity index (χ1n) is 4.33. The summed E-state index contributed by atoms with van der Waals surface area (Å²) in [5.74, 6) is 0.613. The third-order valence-electron chi connectivity index (χ3n) is 1.56. The zero-order valence-electron chi connectivity index (χ0n) is 7.70. The highest BCUT2D eigenvalue weighted by atomic mass is 35.5. The second kappa shape index (κ2) is 6.27. The first kappa shape index (κ1) is 10.9. The Morgan fingerprint density at radius 3 is 2.71 bits per heavy atom. The molecule has 14 heavy (non-hydrogen) atoms. The number of carbonyl (C=O) groups excluding carboxylic acids is 1. The molecule has 0 fully saturated rings. The van der Waals surface area contributed by atoms with Crippen molar-refractivity contribution >= 4 is 17.5 Å². The zero-order chi connectivity index (χ0) is 10.2. The van der Waals surface area contributed by atoms with Crippen molar-refractivity contribution in [1.29, 1.82) is 0 Å². The summed E-state index contributed by atoms with van der Waals surface area (Å²) in [6, 6.07) is 9.44. The average Bonchev–Trinajstić information content (AvgIpc) is 2.25. The predicted molar refractivity (Wildman–Crippen MR) is 55.7 cm³/mol. The molecule has 1 aromatic rings. The largest absolute Gasteiger partial charge is 0.492 e. The summed E-state index contributed by atoms with van der Waals surface area (Å²) in [6.45, 7) is 0.924. The van der Waals surface area contributed by atoms with Crippen molar-refractivity contribution in [2.24, 2.45) is 0 Å². The molecule has 0 saturated carbocycles. The Balaban J connectivity index is 2.13. The van der Waals surface area contributed by atoms with Crippen LogP contribution in [0.15, 0.2) is 30.3 Å². The van der Waals surface area contributed by atoms with Crippen LogP contribution >= 0.6 is 11.6 Å². The number of ether oxygens (including phenoxy) is 1. The second-order valence-electron chi connectivity index (χ2n) is 2.65. The number of hydrogen-bond acceptors (Lipinski definition) is 2. The maximum Gasteiger partial charge on any atom is 0.235 e. The number of carbonyl (C=O) groups is 1. The van der Waals surface area contributed by atoms with Crippen LogP contribution in [0.25, 0.3) is 0 Å². The molecule has 1 N–H and O–H groups in total. The molecule has 0 aliphatic rings. The highest BCUT2D eigenvalue weighted by Gasteiger charge is 1.96. The summed E-state index contributed by atoms with van der Waals surface area (Å²) in [4.78, 5) is 10.7. The van der Waals surface area contributed by atoms with Crippen LogP contribution in [0.2, 0.25) is 0 Å². The number of alkyl halides is 1. The van der Waals surface area contributed by atoms with E-state index < -0.39 is 0 Å². The van der Waals surface area contributed by atoms with Gasteiger partial charge in [-0.25, -0.2) is 0 Å². The quantitative estimate of drug-likeness (QED) is 0.594. The lowest BCUT2D eigenvalue weighted by molar-refractivity contribution is -0.118. The molecule has 0 radical (unpaired) electrons. The summed E-state index contributed by atoms with van der Waals surface area (Å²) in [7, 11) is 0. The van der Waals surface area contributed by atoms with Crippen molar-refractivity contribution in [3.05, 3.63) is 30.3 Å². The van der Waals surface area contributed by atoms with Crippen LogP contribution in [0.5, 0.6) is 5.75 Å². The minimum atomic E-state index is -0.177. The van der Waals surface area contributed by atoms with Gasteiger partial charge in [0.15, 0.2) is 0 Å². The van der Waals surface area contributed by atoms with Crippen molar-refractivity contribution in [2.45, 2.75) is 0 Å². The number of amides is 1. The predicted octanol–water partition coefficient (Wildman–Crippen LogP) is 1.42. The van der Waals surface area contributed by atoms with Gasteiger partial charge >= 0.3 is 0 Å². The lowest BCUT2D eigenvalue weighted by Crippen LogP contribution is -2.28. The SMILES string of the molecule is O=C(CCl)NCCOc1ccccc1.